The van der Waals surface area contributed by atoms with Crippen molar-refractivity contribution in [3.63, 3.8) is 0 Å². The highest BCUT2D eigenvalue weighted by molar-refractivity contribution is 4.75. The number of rotatable bonds is 6. The van der Waals surface area contributed by atoms with Gasteiger partial charge in [0.25, 0.3) is 0 Å². The minimum Gasteiger partial charge on any atom is -0.314 e. The molecule has 14 heavy (non-hydrogen) atoms. The van der Waals surface area contributed by atoms with Gasteiger partial charge in [-0.3, -0.25) is 4.90 Å². The van der Waals surface area contributed by atoms with Gasteiger partial charge in [-0.1, -0.05) is 32.6 Å². The minimum absolute atomic E-state index is 0.745. The molecule has 0 aliphatic carbocycles. The molecule has 0 radical (unpaired) electrons. The summed E-state index contributed by atoms with van der Waals surface area (Å²) in [6.45, 7) is 9.52. The first-order chi connectivity index (χ1) is 6.84. The van der Waals surface area contributed by atoms with Crippen LogP contribution in [0, 0.1) is 0 Å². The number of nitrogens with one attached hydrogen (secondary N) is 1. The highest BCUT2D eigenvalue weighted by Crippen LogP contribution is 2.07. The summed E-state index contributed by atoms with van der Waals surface area (Å²) in [6, 6.07) is 0.745. The van der Waals surface area contributed by atoms with Gasteiger partial charge >= 0.3 is 0 Å². The molecule has 2 nitrogen and oxygen atoms in total. The maximum absolute atomic E-state index is 3.43. The van der Waals surface area contributed by atoms with E-state index >= 15 is 0 Å². The largest absolute Gasteiger partial charge is 0.314 e. The number of hydrogen-bond donors (Lipinski definition) is 1. The number of hydrogen-bond acceptors (Lipinski definition) is 2. The van der Waals surface area contributed by atoms with E-state index < -0.39 is 0 Å². The Hall–Kier alpha value is -0.0800. The van der Waals surface area contributed by atoms with Crippen LogP contribution in [0.15, 0.2) is 0 Å². The summed E-state index contributed by atoms with van der Waals surface area (Å²) in [6.07, 6.45) is 7.01. The second kappa shape index (κ2) is 7.24. The van der Waals surface area contributed by atoms with Crippen LogP contribution in [0.1, 0.15) is 46.0 Å². The van der Waals surface area contributed by atoms with Crippen molar-refractivity contribution in [1.82, 2.24) is 10.2 Å². The molecule has 1 atom stereocenters. The van der Waals surface area contributed by atoms with Gasteiger partial charge in [0, 0.05) is 25.7 Å². The smallest absolute Gasteiger partial charge is 0.0192 e. The fraction of sp³-hybridized carbons (Fsp3) is 1.00. The average Bonchev–Trinajstić information content (AvgIpc) is 2.20. The first-order valence-corrected chi connectivity index (χ1v) is 6.29. The molecule has 0 aromatic carbocycles. The van der Waals surface area contributed by atoms with Gasteiger partial charge in [-0.15, -0.1) is 0 Å². The molecule has 0 amide bonds. The molecule has 0 saturated carbocycles. The van der Waals surface area contributed by atoms with E-state index in [0.717, 1.165) is 6.04 Å². The monoisotopic (exact) mass is 198 g/mol. The van der Waals surface area contributed by atoms with E-state index in [1.807, 2.05) is 0 Å². The Labute approximate surface area is 89.1 Å². The molecule has 84 valence electrons. The van der Waals surface area contributed by atoms with Crippen LogP contribution in [-0.4, -0.2) is 37.1 Å². The molecule has 1 saturated heterocycles. The lowest BCUT2D eigenvalue weighted by Gasteiger charge is -2.33. The minimum atomic E-state index is 0.745. The summed E-state index contributed by atoms with van der Waals surface area (Å²) in [5.74, 6) is 0. The van der Waals surface area contributed by atoms with Crippen molar-refractivity contribution in [3.05, 3.63) is 0 Å². The summed E-state index contributed by atoms with van der Waals surface area (Å²) in [5, 5.41) is 3.43. The van der Waals surface area contributed by atoms with E-state index in [1.54, 1.807) is 0 Å². The molecule has 0 bridgehead atoms. The van der Waals surface area contributed by atoms with Crippen molar-refractivity contribution in [2.75, 3.05) is 26.2 Å². The van der Waals surface area contributed by atoms with Crippen molar-refractivity contribution in [2.24, 2.45) is 0 Å². The van der Waals surface area contributed by atoms with Crippen LogP contribution in [0.4, 0.5) is 0 Å². The number of nitrogens with zero attached hydrogens (tertiary/aromatic N) is 1. The normalized spacial score (nSPS) is 24.0. The summed E-state index contributed by atoms with van der Waals surface area (Å²) < 4.78 is 0. The van der Waals surface area contributed by atoms with Crippen molar-refractivity contribution < 1.29 is 0 Å². The number of unbranched alkanes of at least 4 members (excludes halogenated alkanes) is 4. The van der Waals surface area contributed by atoms with Gasteiger partial charge in [-0.2, -0.15) is 0 Å². The van der Waals surface area contributed by atoms with Crippen molar-refractivity contribution in [1.29, 1.82) is 0 Å². The zero-order valence-corrected chi connectivity index (χ0v) is 9.89. The number of piperazine rings is 1. The zero-order chi connectivity index (χ0) is 10.2. The molecular formula is C12H26N2. The Morgan fingerprint density at radius 2 is 2.00 bits per heavy atom. The van der Waals surface area contributed by atoms with E-state index in [1.165, 1.54) is 58.3 Å². The molecule has 2 heteroatoms. The topological polar surface area (TPSA) is 15.3 Å². The Kier molecular flexibility index (Phi) is 6.20. The molecule has 1 N–H and O–H groups in total. The molecule has 0 aromatic rings. The van der Waals surface area contributed by atoms with Gasteiger partial charge in [-0.25, -0.2) is 0 Å². The lowest BCUT2D eigenvalue weighted by molar-refractivity contribution is 0.170. The second-order valence-corrected chi connectivity index (χ2v) is 4.50. The molecule has 0 aromatic heterocycles. The highest BCUT2D eigenvalue weighted by Gasteiger charge is 2.16. The van der Waals surface area contributed by atoms with Crippen LogP contribution in [0.25, 0.3) is 0 Å². The SMILES string of the molecule is CCCCCCCN1CCNC[C@H]1C. The molecule has 1 fully saturated rings. The highest BCUT2D eigenvalue weighted by atomic mass is 15.2. The van der Waals surface area contributed by atoms with Crippen LogP contribution >= 0.6 is 0 Å². The Morgan fingerprint density at radius 3 is 2.71 bits per heavy atom. The maximum atomic E-state index is 3.43. The first-order valence-electron chi connectivity index (χ1n) is 6.29. The molecule has 1 heterocycles. The van der Waals surface area contributed by atoms with Gasteiger partial charge in [0.15, 0.2) is 0 Å². The van der Waals surface area contributed by atoms with E-state index in [4.69, 9.17) is 0 Å². The van der Waals surface area contributed by atoms with E-state index in [0.29, 0.717) is 0 Å². The zero-order valence-electron chi connectivity index (χ0n) is 9.89. The van der Waals surface area contributed by atoms with Crippen LogP contribution in [0.5, 0.6) is 0 Å². The van der Waals surface area contributed by atoms with Crippen molar-refractivity contribution in [3.8, 4) is 0 Å². The quantitative estimate of drug-likeness (QED) is 0.659. The van der Waals surface area contributed by atoms with E-state index in [-0.39, 0.29) is 0 Å². The first kappa shape index (κ1) is 12.0. The third kappa shape index (κ3) is 4.43. The molecule has 1 aliphatic heterocycles. The Bertz CT molecular complexity index is 136. The molecule has 1 rings (SSSR count). The van der Waals surface area contributed by atoms with E-state index in [2.05, 4.69) is 24.1 Å². The lowest BCUT2D eigenvalue weighted by atomic mass is 10.1. The van der Waals surface area contributed by atoms with Gasteiger partial charge < -0.3 is 5.32 Å². The van der Waals surface area contributed by atoms with Crippen molar-refractivity contribution >= 4 is 0 Å². The fourth-order valence-electron chi connectivity index (χ4n) is 2.13. The Balaban J connectivity index is 1.99. The second-order valence-electron chi connectivity index (χ2n) is 4.50. The van der Waals surface area contributed by atoms with Gasteiger partial charge in [0.05, 0.1) is 0 Å². The average molecular weight is 198 g/mol. The molecular weight excluding hydrogens is 172 g/mol. The molecule has 1 aliphatic rings. The summed E-state index contributed by atoms with van der Waals surface area (Å²) in [4.78, 5) is 2.63. The summed E-state index contributed by atoms with van der Waals surface area (Å²) in [5.41, 5.74) is 0. The fourth-order valence-corrected chi connectivity index (χ4v) is 2.13. The molecule has 0 spiro atoms. The van der Waals surface area contributed by atoms with Gasteiger partial charge in [-0.05, 0) is 19.9 Å². The third-order valence-corrected chi connectivity index (χ3v) is 3.19. The summed E-state index contributed by atoms with van der Waals surface area (Å²) in [7, 11) is 0. The maximum Gasteiger partial charge on any atom is 0.0192 e. The predicted molar refractivity (Wildman–Crippen MR) is 62.7 cm³/mol. The van der Waals surface area contributed by atoms with Crippen LogP contribution < -0.4 is 5.32 Å². The van der Waals surface area contributed by atoms with Crippen molar-refractivity contribution in [2.45, 2.75) is 52.0 Å². The van der Waals surface area contributed by atoms with Gasteiger partial charge in [0.2, 0.25) is 0 Å². The predicted octanol–water partition coefficient (Wildman–Crippen LogP) is 2.25. The van der Waals surface area contributed by atoms with Gasteiger partial charge in [0.1, 0.15) is 0 Å². The third-order valence-electron chi connectivity index (χ3n) is 3.19. The lowest BCUT2D eigenvalue weighted by Crippen LogP contribution is -2.49. The standard InChI is InChI=1S/C12H26N2/c1-3-4-5-6-7-9-14-10-8-13-11-12(14)2/h12-13H,3-11H2,1-2H3/t12-/m1/s1. The van der Waals surface area contributed by atoms with Crippen LogP contribution in [0.2, 0.25) is 0 Å². The summed E-state index contributed by atoms with van der Waals surface area (Å²) >= 11 is 0. The van der Waals surface area contributed by atoms with Crippen LogP contribution in [0.3, 0.4) is 0 Å². The van der Waals surface area contributed by atoms with Crippen LogP contribution in [-0.2, 0) is 0 Å². The molecule has 0 unspecified atom stereocenters. The van der Waals surface area contributed by atoms with E-state index in [9.17, 15) is 0 Å². The Morgan fingerprint density at radius 1 is 1.21 bits per heavy atom.